The van der Waals surface area contributed by atoms with Crippen LogP contribution < -0.4 is 0 Å². The van der Waals surface area contributed by atoms with E-state index in [1.807, 2.05) is 29.2 Å². The van der Waals surface area contributed by atoms with Gasteiger partial charge in [0.1, 0.15) is 5.75 Å². The number of benzene rings is 1. The molecule has 2 aliphatic rings. The lowest BCUT2D eigenvalue weighted by Gasteiger charge is -2.41. The number of hydrogen-bond donors (Lipinski definition) is 2. The monoisotopic (exact) mass is 381 g/mol. The Morgan fingerprint density at radius 1 is 1.18 bits per heavy atom. The maximum Gasteiger partial charge on any atom is 0.253 e. The molecule has 2 N–H and O–H groups in total. The lowest BCUT2D eigenvalue weighted by Crippen LogP contribution is -2.55. The van der Waals surface area contributed by atoms with E-state index >= 15 is 0 Å². The van der Waals surface area contributed by atoms with Crippen molar-refractivity contribution in [3.63, 3.8) is 0 Å². The molecule has 148 valence electrons. The molecule has 0 bridgehead atoms. The smallest absolute Gasteiger partial charge is 0.253 e. The first-order valence-electron chi connectivity index (χ1n) is 10.0. The molecule has 1 aromatic carbocycles. The van der Waals surface area contributed by atoms with Crippen molar-refractivity contribution < 1.29 is 15.0 Å². The minimum atomic E-state index is 0.0228. The average Bonchev–Trinajstić information content (AvgIpc) is 3.54. The van der Waals surface area contributed by atoms with Crippen molar-refractivity contribution in [2.45, 2.75) is 25.3 Å². The Bertz CT molecular complexity index is 820. The first-order valence-corrected chi connectivity index (χ1v) is 10.0. The molecule has 4 rings (SSSR count). The summed E-state index contributed by atoms with van der Waals surface area (Å²) in [7, 11) is 0. The highest BCUT2D eigenvalue weighted by Gasteiger charge is 2.33. The number of pyridine rings is 1. The van der Waals surface area contributed by atoms with E-state index < -0.39 is 0 Å². The van der Waals surface area contributed by atoms with Gasteiger partial charge in [0.25, 0.3) is 5.91 Å². The Kier molecular flexibility index (Phi) is 5.59. The van der Waals surface area contributed by atoms with Crippen molar-refractivity contribution in [3.8, 4) is 17.0 Å². The molecule has 2 fully saturated rings. The molecule has 1 aliphatic heterocycles. The van der Waals surface area contributed by atoms with Gasteiger partial charge < -0.3 is 15.1 Å². The maximum atomic E-state index is 13.1. The number of nitrogens with zero attached hydrogens (tertiary/aromatic N) is 3. The van der Waals surface area contributed by atoms with Crippen LogP contribution in [0.2, 0.25) is 0 Å². The van der Waals surface area contributed by atoms with Crippen LogP contribution >= 0.6 is 0 Å². The van der Waals surface area contributed by atoms with E-state index in [9.17, 15) is 15.0 Å². The minimum absolute atomic E-state index is 0.0228. The fourth-order valence-corrected chi connectivity index (χ4v) is 3.92. The molecule has 6 nitrogen and oxygen atoms in total. The third-order valence-electron chi connectivity index (χ3n) is 5.70. The summed E-state index contributed by atoms with van der Waals surface area (Å²) in [5.74, 6) is 0.947. The van der Waals surface area contributed by atoms with Crippen molar-refractivity contribution in [1.29, 1.82) is 0 Å². The van der Waals surface area contributed by atoms with E-state index in [-0.39, 0.29) is 24.3 Å². The van der Waals surface area contributed by atoms with Crippen molar-refractivity contribution in [2.75, 3.05) is 32.8 Å². The topological polar surface area (TPSA) is 76.9 Å². The van der Waals surface area contributed by atoms with Crippen molar-refractivity contribution >= 4 is 5.91 Å². The number of aliphatic hydroxyl groups excluding tert-OH is 1. The molecule has 1 atom stereocenters. The fraction of sp³-hybridized carbons (Fsp3) is 0.455. The molecular formula is C22H27N3O3. The summed E-state index contributed by atoms with van der Waals surface area (Å²) in [6.45, 7) is 3.49. The largest absolute Gasteiger partial charge is 0.506 e. The number of aromatic hydroxyl groups is 1. The van der Waals surface area contributed by atoms with Crippen LogP contribution in [0.4, 0.5) is 0 Å². The molecule has 28 heavy (non-hydrogen) atoms. The van der Waals surface area contributed by atoms with Crippen LogP contribution in [-0.4, -0.2) is 69.7 Å². The number of carbonyl (C=O) groups excluding carboxylic acids is 1. The summed E-state index contributed by atoms with van der Waals surface area (Å²) in [6.07, 6.45) is 4.72. The third-order valence-corrected chi connectivity index (χ3v) is 5.70. The predicted octanol–water partition coefficient (Wildman–Crippen LogP) is 2.37. The van der Waals surface area contributed by atoms with Gasteiger partial charge in [0, 0.05) is 50.0 Å². The van der Waals surface area contributed by atoms with Crippen LogP contribution in [0.15, 0.2) is 42.6 Å². The summed E-state index contributed by atoms with van der Waals surface area (Å²) >= 11 is 0. The molecule has 6 heteroatoms. The van der Waals surface area contributed by atoms with Crippen molar-refractivity contribution in [3.05, 3.63) is 48.2 Å². The normalized spacial score (nSPS) is 20.3. The average molecular weight is 381 g/mol. The molecule has 0 radical (unpaired) electrons. The van der Waals surface area contributed by atoms with Crippen LogP contribution in [0.5, 0.6) is 5.75 Å². The fourth-order valence-electron chi connectivity index (χ4n) is 3.92. The van der Waals surface area contributed by atoms with Gasteiger partial charge in [0.15, 0.2) is 0 Å². The molecule has 1 saturated carbocycles. The highest BCUT2D eigenvalue weighted by atomic mass is 16.3. The quantitative estimate of drug-likeness (QED) is 0.803. The first-order chi connectivity index (χ1) is 13.6. The van der Waals surface area contributed by atoms with Crippen LogP contribution in [-0.2, 0) is 0 Å². The number of piperazine rings is 1. The Balaban J connectivity index is 1.47. The molecule has 1 aromatic heterocycles. The molecule has 2 heterocycles. The number of amides is 1. The highest BCUT2D eigenvalue weighted by molar-refractivity contribution is 5.95. The second-order valence-electron chi connectivity index (χ2n) is 7.84. The summed E-state index contributed by atoms with van der Waals surface area (Å²) in [5, 5.41) is 18.9. The Labute approximate surface area is 165 Å². The summed E-state index contributed by atoms with van der Waals surface area (Å²) < 4.78 is 0. The first kappa shape index (κ1) is 18.9. The van der Waals surface area contributed by atoms with Crippen molar-refractivity contribution in [1.82, 2.24) is 14.8 Å². The lowest BCUT2D eigenvalue weighted by molar-refractivity contribution is 0.0407. The SMILES string of the molecule is O=C(c1cccc(-c2ccc(O)cn2)c1)N1CCN(CC2CC2)[C@@H](CCO)C1. The Hall–Kier alpha value is -2.44. The standard InChI is InChI=1S/C22H27N3O3/c26-11-8-19-15-25(10-9-24(19)14-16-4-5-16)22(28)18-3-1-2-17(12-18)21-7-6-20(27)13-23-21/h1-3,6-7,12-13,16,19,26-27H,4-5,8-11,14-15H2/t19-/m0/s1. The second kappa shape index (κ2) is 8.29. The minimum Gasteiger partial charge on any atom is -0.506 e. The highest BCUT2D eigenvalue weighted by Crippen LogP contribution is 2.31. The molecule has 0 unspecified atom stereocenters. The van der Waals surface area contributed by atoms with Gasteiger partial charge in [-0.1, -0.05) is 12.1 Å². The van der Waals surface area contributed by atoms with Gasteiger partial charge >= 0.3 is 0 Å². The number of aromatic nitrogens is 1. The van der Waals surface area contributed by atoms with E-state index in [1.54, 1.807) is 12.1 Å². The van der Waals surface area contributed by atoms with Gasteiger partial charge in [-0.25, -0.2) is 0 Å². The van der Waals surface area contributed by atoms with Gasteiger partial charge in [0.2, 0.25) is 0 Å². The number of rotatable bonds is 6. The zero-order valence-corrected chi connectivity index (χ0v) is 16.0. The van der Waals surface area contributed by atoms with Gasteiger partial charge in [0.05, 0.1) is 11.9 Å². The number of carbonyl (C=O) groups is 1. The third kappa shape index (κ3) is 4.34. The molecule has 1 aliphatic carbocycles. The van der Waals surface area contributed by atoms with Crippen LogP contribution in [0.3, 0.4) is 0 Å². The van der Waals surface area contributed by atoms with E-state index in [1.165, 1.54) is 19.0 Å². The molecular weight excluding hydrogens is 354 g/mol. The molecule has 1 amide bonds. The summed E-state index contributed by atoms with van der Waals surface area (Å²) in [5.41, 5.74) is 2.22. The van der Waals surface area contributed by atoms with Crippen molar-refractivity contribution in [2.24, 2.45) is 5.92 Å². The van der Waals surface area contributed by atoms with Gasteiger partial charge in [-0.15, -0.1) is 0 Å². The molecule has 0 spiro atoms. The predicted molar refractivity (Wildman–Crippen MR) is 107 cm³/mol. The second-order valence-corrected chi connectivity index (χ2v) is 7.84. The zero-order valence-electron chi connectivity index (χ0n) is 16.0. The number of aliphatic hydroxyl groups is 1. The van der Waals surface area contributed by atoms with E-state index in [2.05, 4.69) is 9.88 Å². The molecule has 1 saturated heterocycles. The lowest BCUT2D eigenvalue weighted by atomic mass is 10.0. The van der Waals surface area contributed by atoms with Gasteiger partial charge in [-0.2, -0.15) is 0 Å². The van der Waals surface area contributed by atoms with Gasteiger partial charge in [-0.3, -0.25) is 14.7 Å². The van der Waals surface area contributed by atoms with Gasteiger partial charge in [-0.05, 0) is 49.4 Å². The van der Waals surface area contributed by atoms with Crippen LogP contribution in [0, 0.1) is 5.92 Å². The number of hydrogen-bond acceptors (Lipinski definition) is 5. The Morgan fingerprint density at radius 3 is 2.75 bits per heavy atom. The summed E-state index contributed by atoms with van der Waals surface area (Å²) in [4.78, 5) is 21.7. The maximum absolute atomic E-state index is 13.1. The Morgan fingerprint density at radius 2 is 2.04 bits per heavy atom. The van der Waals surface area contributed by atoms with Crippen LogP contribution in [0.1, 0.15) is 29.6 Å². The van der Waals surface area contributed by atoms with Crippen LogP contribution in [0.25, 0.3) is 11.3 Å². The molecule has 2 aromatic rings. The zero-order chi connectivity index (χ0) is 19.5. The van der Waals surface area contributed by atoms with E-state index in [0.29, 0.717) is 18.5 Å². The van der Waals surface area contributed by atoms with E-state index in [4.69, 9.17) is 0 Å². The van der Waals surface area contributed by atoms with E-state index in [0.717, 1.165) is 36.8 Å². The summed E-state index contributed by atoms with van der Waals surface area (Å²) in [6, 6.07) is 11.0.